The van der Waals surface area contributed by atoms with E-state index >= 15 is 0 Å². The Morgan fingerprint density at radius 1 is 1.12 bits per heavy atom. The number of fused-ring (bicyclic) bond motifs is 1. The highest BCUT2D eigenvalue weighted by molar-refractivity contribution is 5.79. The van der Waals surface area contributed by atoms with E-state index in [4.69, 9.17) is 9.15 Å². The summed E-state index contributed by atoms with van der Waals surface area (Å²) in [6, 6.07) is 16.1. The molecule has 3 rings (SSSR count). The molecule has 128 valence electrons. The second kappa shape index (κ2) is 7.21. The van der Waals surface area contributed by atoms with Crippen LogP contribution in [0.2, 0.25) is 0 Å². The molecule has 3 aromatic rings. The summed E-state index contributed by atoms with van der Waals surface area (Å²) in [6.45, 7) is 3.83. The third-order valence-corrected chi connectivity index (χ3v) is 3.92. The van der Waals surface area contributed by atoms with E-state index in [-0.39, 0.29) is 18.6 Å². The number of amides is 1. The van der Waals surface area contributed by atoms with Gasteiger partial charge in [-0.2, -0.15) is 0 Å². The molecule has 1 atom stereocenters. The van der Waals surface area contributed by atoms with Crippen LogP contribution in [-0.4, -0.2) is 12.5 Å². The summed E-state index contributed by atoms with van der Waals surface area (Å²) in [6.07, 6.45) is 0. The standard InChI is InChI=1S/C20H19NO4/c1-13-3-5-15(6-4-13)14(2)21-19(22)12-24-17-9-7-16-8-10-20(23)25-18(16)11-17/h3-11,14H,12H2,1-2H3,(H,21,22). The van der Waals surface area contributed by atoms with Gasteiger partial charge in [0, 0.05) is 17.5 Å². The molecule has 0 bridgehead atoms. The zero-order valence-corrected chi connectivity index (χ0v) is 14.1. The Kier molecular flexibility index (Phi) is 4.84. The van der Waals surface area contributed by atoms with E-state index in [9.17, 15) is 9.59 Å². The number of carbonyl (C=O) groups is 1. The number of rotatable bonds is 5. The van der Waals surface area contributed by atoms with Crippen molar-refractivity contribution in [1.82, 2.24) is 5.32 Å². The average molecular weight is 337 g/mol. The second-order valence-corrected chi connectivity index (χ2v) is 5.94. The van der Waals surface area contributed by atoms with Gasteiger partial charge in [0.15, 0.2) is 6.61 Å². The van der Waals surface area contributed by atoms with Crippen molar-refractivity contribution >= 4 is 16.9 Å². The predicted octanol–water partition coefficient (Wildman–Crippen LogP) is 3.36. The Morgan fingerprint density at radius 2 is 1.84 bits per heavy atom. The molecule has 0 fully saturated rings. The number of hydrogen-bond acceptors (Lipinski definition) is 4. The van der Waals surface area contributed by atoms with E-state index < -0.39 is 5.63 Å². The lowest BCUT2D eigenvalue weighted by molar-refractivity contribution is -0.123. The summed E-state index contributed by atoms with van der Waals surface area (Å²) in [7, 11) is 0. The highest BCUT2D eigenvalue weighted by Gasteiger charge is 2.10. The topological polar surface area (TPSA) is 68.5 Å². The maximum atomic E-state index is 12.1. The summed E-state index contributed by atoms with van der Waals surface area (Å²) in [5.74, 6) is 0.252. The summed E-state index contributed by atoms with van der Waals surface area (Å²) >= 11 is 0. The molecule has 25 heavy (non-hydrogen) atoms. The van der Waals surface area contributed by atoms with Crippen LogP contribution in [0.15, 0.2) is 63.8 Å². The molecule has 2 aromatic carbocycles. The van der Waals surface area contributed by atoms with E-state index in [0.29, 0.717) is 11.3 Å². The summed E-state index contributed by atoms with van der Waals surface area (Å²) in [5, 5.41) is 3.69. The van der Waals surface area contributed by atoms with E-state index in [1.165, 1.54) is 11.6 Å². The average Bonchev–Trinajstić information content (AvgIpc) is 2.60. The van der Waals surface area contributed by atoms with Gasteiger partial charge in [-0.1, -0.05) is 29.8 Å². The van der Waals surface area contributed by atoms with E-state index in [2.05, 4.69) is 5.32 Å². The maximum Gasteiger partial charge on any atom is 0.336 e. The smallest absolute Gasteiger partial charge is 0.336 e. The zero-order valence-electron chi connectivity index (χ0n) is 14.1. The Balaban J connectivity index is 1.60. The van der Waals surface area contributed by atoms with Gasteiger partial charge in [0.1, 0.15) is 11.3 Å². The molecule has 0 radical (unpaired) electrons. The number of carbonyl (C=O) groups excluding carboxylic acids is 1. The SMILES string of the molecule is Cc1ccc(C(C)NC(=O)COc2ccc3ccc(=O)oc3c2)cc1. The molecule has 0 aliphatic heterocycles. The number of ether oxygens (including phenoxy) is 1. The van der Waals surface area contributed by atoms with Gasteiger partial charge in [-0.25, -0.2) is 4.79 Å². The fraction of sp³-hybridized carbons (Fsp3) is 0.200. The molecule has 0 aliphatic carbocycles. The third kappa shape index (κ3) is 4.26. The van der Waals surface area contributed by atoms with Crippen LogP contribution < -0.4 is 15.7 Å². The molecule has 1 heterocycles. The van der Waals surface area contributed by atoms with E-state index in [1.807, 2.05) is 38.1 Å². The molecule has 0 saturated carbocycles. The monoisotopic (exact) mass is 337 g/mol. The van der Waals surface area contributed by atoms with Gasteiger partial charge in [0.25, 0.3) is 5.91 Å². The van der Waals surface area contributed by atoms with Gasteiger partial charge in [-0.05, 0) is 37.6 Å². The molecule has 1 amide bonds. The van der Waals surface area contributed by atoms with Crippen LogP contribution in [0.5, 0.6) is 5.75 Å². The fourth-order valence-corrected chi connectivity index (χ4v) is 2.50. The predicted molar refractivity (Wildman–Crippen MR) is 95.7 cm³/mol. The largest absolute Gasteiger partial charge is 0.484 e. The first-order valence-corrected chi connectivity index (χ1v) is 8.04. The van der Waals surface area contributed by atoms with Gasteiger partial charge in [-0.3, -0.25) is 4.79 Å². The van der Waals surface area contributed by atoms with Crippen molar-refractivity contribution in [2.45, 2.75) is 19.9 Å². The molecular formula is C20H19NO4. The van der Waals surface area contributed by atoms with Gasteiger partial charge in [0.05, 0.1) is 6.04 Å². The van der Waals surface area contributed by atoms with Crippen molar-refractivity contribution in [3.63, 3.8) is 0 Å². The molecule has 0 spiro atoms. The van der Waals surface area contributed by atoms with Crippen molar-refractivity contribution in [2.24, 2.45) is 0 Å². The quantitative estimate of drug-likeness (QED) is 0.725. The number of nitrogens with one attached hydrogen (secondary N) is 1. The van der Waals surface area contributed by atoms with Crippen molar-refractivity contribution < 1.29 is 13.9 Å². The lowest BCUT2D eigenvalue weighted by atomic mass is 10.1. The molecule has 5 nitrogen and oxygen atoms in total. The molecule has 1 N–H and O–H groups in total. The Bertz CT molecular complexity index is 944. The Labute approximate surface area is 145 Å². The second-order valence-electron chi connectivity index (χ2n) is 5.94. The first-order chi connectivity index (χ1) is 12.0. The van der Waals surface area contributed by atoms with Gasteiger partial charge < -0.3 is 14.5 Å². The lowest BCUT2D eigenvalue weighted by Gasteiger charge is -2.15. The van der Waals surface area contributed by atoms with Crippen LogP contribution in [0, 0.1) is 6.92 Å². The molecular weight excluding hydrogens is 318 g/mol. The van der Waals surface area contributed by atoms with Crippen molar-refractivity contribution in [2.75, 3.05) is 6.61 Å². The zero-order chi connectivity index (χ0) is 17.8. The number of hydrogen-bond donors (Lipinski definition) is 1. The van der Waals surface area contributed by atoms with E-state index in [1.54, 1.807) is 24.3 Å². The van der Waals surface area contributed by atoms with Crippen molar-refractivity contribution in [3.05, 3.63) is 76.1 Å². The normalized spacial score (nSPS) is 11.9. The molecule has 1 aromatic heterocycles. The van der Waals surface area contributed by atoms with Crippen LogP contribution in [-0.2, 0) is 4.79 Å². The van der Waals surface area contributed by atoms with Crippen molar-refractivity contribution in [1.29, 1.82) is 0 Å². The number of benzene rings is 2. The minimum Gasteiger partial charge on any atom is -0.484 e. The van der Waals surface area contributed by atoms with Crippen molar-refractivity contribution in [3.8, 4) is 5.75 Å². The van der Waals surface area contributed by atoms with E-state index in [0.717, 1.165) is 10.9 Å². The molecule has 0 aliphatic rings. The first-order valence-electron chi connectivity index (χ1n) is 8.04. The third-order valence-electron chi connectivity index (χ3n) is 3.92. The maximum absolute atomic E-state index is 12.1. The summed E-state index contributed by atoms with van der Waals surface area (Å²) < 4.78 is 10.6. The molecule has 1 unspecified atom stereocenters. The van der Waals surface area contributed by atoms with Gasteiger partial charge in [-0.15, -0.1) is 0 Å². The van der Waals surface area contributed by atoms with Crippen LogP contribution >= 0.6 is 0 Å². The minimum atomic E-state index is -0.422. The molecule has 0 saturated heterocycles. The highest BCUT2D eigenvalue weighted by Crippen LogP contribution is 2.19. The fourth-order valence-electron chi connectivity index (χ4n) is 2.50. The Hall–Kier alpha value is -3.08. The molecule has 5 heteroatoms. The van der Waals surface area contributed by atoms with Gasteiger partial charge in [0.2, 0.25) is 0 Å². The summed E-state index contributed by atoms with van der Waals surface area (Å²) in [5.41, 5.74) is 2.22. The van der Waals surface area contributed by atoms with Gasteiger partial charge >= 0.3 is 5.63 Å². The van der Waals surface area contributed by atoms with Crippen LogP contribution in [0.25, 0.3) is 11.0 Å². The first kappa shape index (κ1) is 16.8. The number of aryl methyl sites for hydroxylation is 1. The Morgan fingerprint density at radius 3 is 2.60 bits per heavy atom. The van der Waals surface area contributed by atoms with Crippen LogP contribution in [0.3, 0.4) is 0 Å². The minimum absolute atomic E-state index is 0.105. The van der Waals surface area contributed by atoms with Crippen LogP contribution in [0.1, 0.15) is 24.1 Å². The highest BCUT2D eigenvalue weighted by atomic mass is 16.5. The summed E-state index contributed by atoms with van der Waals surface area (Å²) in [4.78, 5) is 23.3. The van der Waals surface area contributed by atoms with Crippen LogP contribution in [0.4, 0.5) is 0 Å². The lowest BCUT2D eigenvalue weighted by Crippen LogP contribution is -2.31.